The molecule has 146 valence electrons. The zero-order valence-electron chi connectivity index (χ0n) is 16.2. The van der Waals surface area contributed by atoms with Crippen molar-refractivity contribution in [3.05, 3.63) is 34.9 Å². The number of nitrogens with one attached hydrogen (secondary N) is 1. The monoisotopic (exact) mass is 381 g/mol. The van der Waals surface area contributed by atoms with Gasteiger partial charge in [0.05, 0.1) is 17.2 Å². The predicted molar refractivity (Wildman–Crippen MR) is 106 cm³/mol. The first-order valence-corrected chi connectivity index (χ1v) is 10.1. The molecule has 0 aliphatic rings. The molecule has 0 fully saturated rings. The van der Waals surface area contributed by atoms with E-state index < -0.39 is 6.04 Å². The van der Waals surface area contributed by atoms with Crippen LogP contribution in [-0.2, 0) is 9.53 Å². The lowest BCUT2D eigenvalue weighted by Gasteiger charge is -2.19. The predicted octanol–water partition coefficient (Wildman–Crippen LogP) is 5.39. The average Bonchev–Trinajstić information content (AvgIpc) is 2.60. The Bertz CT molecular complexity index is 560. The summed E-state index contributed by atoms with van der Waals surface area (Å²) in [6, 6.07) is 6.16. The molecule has 0 radical (unpaired) electrons. The maximum absolute atomic E-state index is 12.4. The van der Waals surface area contributed by atoms with Gasteiger partial charge in [-0.05, 0) is 30.9 Å². The Hall–Kier alpha value is -1.55. The van der Waals surface area contributed by atoms with Crippen molar-refractivity contribution in [2.45, 2.75) is 71.8 Å². The summed E-state index contributed by atoms with van der Waals surface area (Å²) < 4.78 is 5.39. The second kappa shape index (κ2) is 12.7. The molecule has 0 saturated heterocycles. The van der Waals surface area contributed by atoms with Gasteiger partial charge in [-0.2, -0.15) is 0 Å². The van der Waals surface area contributed by atoms with Crippen molar-refractivity contribution in [2.75, 3.05) is 6.61 Å². The van der Waals surface area contributed by atoms with Crippen molar-refractivity contribution >= 4 is 23.5 Å². The summed E-state index contributed by atoms with van der Waals surface area (Å²) in [5.41, 5.74) is 0.367. The molecule has 5 heteroatoms. The van der Waals surface area contributed by atoms with Crippen LogP contribution in [0, 0.1) is 5.92 Å². The molecule has 0 bridgehead atoms. The first-order chi connectivity index (χ1) is 12.5. The second-order valence-electron chi connectivity index (χ2n) is 7.07. The van der Waals surface area contributed by atoms with Crippen LogP contribution in [0.2, 0.25) is 5.02 Å². The maximum Gasteiger partial charge on any atom is 0.328 e. The molecule has 1 rings (SSSR count). The minimum atomic E-state index is -0.654. The van der Waals surface area contributed by atoms with Crippen molar-refractivity contribution < 1.29 is 14.3 Å². The number of benzene rings is 1. The number of amides is 1. The Balaban J connectivity index is 2.50. The molecule has 26 heavy (non-hydrogen) atoms. The van der Waals surface area contributed by atoms with Crippen LogP contribution in [0.1, 0.15) is 76.1 Å². The summed E-state index contributed by atoms with van der Waals surface area (Å²) in [5.74, 6) is -0.460. The van der Waals surface area contributed by atoms with Gasteiger partial charge in [0.2, 0.25) is 0 Å². The molecule has 1 aromatic carbocycles. The Morgan fingerprint density at radius 2 is 1.73 bits per heavy atom. The molecule has 0 saturated carbocycles. The van der Waals surface area contributed by atoms with Crippen LogP contribution in [0.15, 0.2) is 24.3 Å². The zero-order chi connectivity index (χ0) is 19.4. The molecule has 1 unspecified atom stereocenters. The van der Waals surface area contributed by atoms with Gasteiger partial charge in [0.15, 0.2) is 0 Å². The number of hydrogen-bond donors (Lipinski definition) is 1. The Labute approximate surface area is 162 Å². The van der Waals surface area contributed by atoms with Crippen LogP contribution < -0.4 is 5.32 Å². The number of esters is 1. The Kier molecular flexibility index (Phi) is 11.0. The standard InChI is InChI=1S/C21H32ClNO3/c1-4-5-6-7-8-11-14-26-21(25)19(15-16(2)3)23-20(24)17-12-9-10-13-18(17)22/h9-10,12-13,16,19H,4-8,11,14-15H2,1-3H3,(H,23,24). The number of unbranched alkanes of at least 4 members (excludes halogenated alkanes) is 5. The van der Waals surface area contributed by atoms with E-state index in [4.69, 9.17) is 16.3 Å². The lowest BCUT2D eigenvalue weighted by atomic mass is 10.0. The minimum Gasteiger partial charge on any atom is -0.464 e. The maximum atomic E-state index is 12.4. The van der Waals surface area contributed by atoms with E-state index in [1.54, 1.807) is 24.3 Å². The smallest absolute Gasteiger partial charge is 0.328 e. The minimum absolute atomic E-state index is 0.258. The van der Waals surface area contributed by atoms with E-state index in [-0.39, 0.29) is 17.8 Å². The highest BCUT2D eigenvalue weighted by molar-refractivity contribution is 6.33. The highest BCUT2D eigenvalue weighted by atomic mass is 35.5. The summed E-state index contributed by atoms with van der Waals surface area (Å²) in [5, 5.41) is 3.15. The highest BCUT2D eigenvalue weighted by Crippen LogP contribution is 2.16. The summed E-state index contributed by atoms with van der Waals surface area (Å²) in [4.78, 5) is 24.8. The summed E-state index contributed by atoms with van der Waals surface area (Å²) in [6.07, 6.45) is 7.33. The number of hydrogen-bond acceptors (Lipinski definition) is 3. The largest absolute Gasteiger partial charge is 0.464 e. The van der Waals surface area contributed by atoms with Gasteiger partial charge in [0.25, 0.3) is 5.91 Å². The molecule has 1 N–H and O–H groups in total. The quantitative estimate of drug-likeness (QED) is 0.390. The first kappa shape index (κ1) is 22.5. The van der Waals surface area contributed by atoms with E-state index in [9.17, 15) is 9.59 Å². The third kappa shape index (κ3) is 8.70. The van der Waals surface area contributed by atoms with Gasteiger partial charge in [-0.3, -0.25) is 4.79 Å². The fraction of sp³-hybridized carbons (Fsp3) is 0.619. The van der Waals surface area contributed by atoms with E-state index in [2.05, 4.69) is 12.2 Å². The Morgan fingerprint density at radius 3 is 2.38 bits per heavy atom. The first-order valence-electron chi connectivity index (χ1n) is 9.67. The van der Waals surface area contributed by atoms with Crippen molar-refractivity contribution in [1.82, 2.24) is 5.32 Å². The van der Waals surface area contributed by atoms with Gasteiger partial charge in [0.1, 0.15) is 6.04 Å². The number of ether oxygens (including phenoxy) is 1. The van der Waals surface area contributed by atoms with Gasteiger partial charge in [-0.25, -0.2) is 4.79 Å². The summed E-state index contributed by atoms with van der Waals surface area (Å²) in [7, 11) is 0. The van der Waals surface area contributed by atoms with Gasteiger partial charge in [-0.15, -0.1) is 0 Å². The van der Waals surface area contributed by atoms with Crippen LogP contribution in [-0.4, -0.2) is 24.5 Å². The van der Waals surface area contributed by atoms with E-state index >= 15 is 0 Å². The van der Waals surface area contributed by atoms with E-state index in [0.717, 1.165) is 12.8 Å². The van der Waals surface area contributed by atoms with E-state index in [0.29, 0.717) is 23.6 Å². The number of rotatable bonds is 12. The normalized spacial score (nSPS) is 12.0. The van der Waals surface area contributed by atoms with Gasteiger partial charge in [0, 0.05) is 0 Å². The molecule has 4 nitrogen and oxygen atoms in total. The molecular weight excluding hydrogens is 350 g/mol. The fourth-order valence-corrected chi connectivity index (χ4v) is 2.94. The van der Waals surface area contributed by atoms with Crippen molar-refractivity contribution in [3.63, 3.8) is 0 Å². The van der Waals surface area contributed by atoms with E-state index in [1.165, 1.54) is 25.7 Å². The van der Waals surface area contributed by atoms with Crippen LogP contribution >= 0.6 is 11.6 Å². The molecule has 1 amide bonds. The lowest BCUT2D eigenvalue weighted by Crippen LogP contribution is -2.42. The van der Waals surface area contributed by atoms with Crippen LogP contribution in [0.5, 0.6) is 0 Å². The number of carbonyl (C=O) groups is 2. The summed E-state index contributed by atoms with van der Waals surface area (Å²) in [6.45, 7) is 6.61. The summed E-state index contributed by atoms with van der Waals surface area (Å²) >= 11 is 6.07. The molecule has 0 aliphatic carbocycles. The number of halogens is 1. The Morgan fingerprint density at radius 1 is 1.08 bits per heavy atom. The zero-order valence-corrected chi connectivity index (χ0v) is 17.0. The van der Waals surface area contributed by atoms with Gasteiger partial charge < -0.3 is 10.1 Å². The van der Waals surface area contributed by atoms with Gasteiger partial charge >= 0.3 is 5.97 Å². The molecular formula is C21H32ClNO3. The van der Waals surface area contributed by atoms with Crippen molar-refractivity contribution in [1.29, 1.82) is 0 Å². The van der Waals surface area contributed by atoms with E-state index in [1.807, 2.05) is 13.8 Å². The molecule has 1 aromatic rings. The topological polar surface area (TPSA) is 55.4 Å². The second-order valence-corrected chi connectivity index (χ2v) is 7.48. The molecule has 0 heterocycles. The van der Waals surface area contributed by atoms with Crippen molar-refractivity contribution in [3.8, 4) is 0 Å². The SMILES string of the molecule is CCCCCCCCOC(=O)C(CC(C)C)NC(=O)c1ccccc1Cl. The van der Waals surface area contributed by atoms with Gasteiger partial charge in [-0.1, -0.05) is 76.6 Å². The van der Waals surface area contributed by atoms with Crippen molar-refractivity contribution in [2.24, 2.45) is 5.92 Å². The van der Waals surface area contributed by atoms with Crippen LogP contribution in [0.25, 0.3) is 0 Å². The van der Waals surface area contributed by atoms with Crippen LogP contribution in [0.3, 0.4) is 0 Å². The highest BCUT2D eigenvalue weighted by Gasteiger charge is 2.24. The molecule has 1 atom stereocenters. The third-order valence-electron chi connectivity index (χ3n) is 4.16. The molecule has 0 aromatic heterocycles. The number of carbonyl (C=O) groups excluding carboxylic acids is 2. The molecule has 0 aliphatic heterocycles. The lowest BCUT2D eigenvalue weighted by molar-refractivity contribution is -0.146. The molecule has 0 spiro atoms. The fourth-order valence-electron chi connectivity index (χ4n) is 2.72. The third-order valence-corrected chi connectivity index (χ3v) is 4.49. The average molecular weight is 382 g/mol. The van der Waals surface area contributed by atoms with Crippen LogP contribution in [0.4, 0.5) is 0 Å².